The Kier molecular flexibility index (Phi) is 3.65. The Balaban J connectivity index is 1.94. The molecule has 0 aromatic carbocycles. The quantitative estimate of drug-likeness (QED) is 0.498. The average molecular weight is 220 g/mol. The summed E-state index contributed by atoms with van der Waals surface area (Å²) in [5, 5.41) is 0. The molecule has 2 rings (SSSR count). The van der Waals surface area contributed by atoms with Crippen molar-refractivity contribution < 1.29 is 9.47 Å². The second kappa shape index (κ2) is 5.01. The van der Waals surface area contributed by atoms with E-state index in [-0.39, 0.29) is 5.79 Å². The number of hydrogen-bond acceptors (Lipinski definition) is 2. The van der Waals surface area contributed by atoms with Gasteiger partial charge in [0.1, 0.15) is 0 Å². The van der Waals surface area contributed by atoms with E-state index in [9.17, 15) is 0 Å². The van der Waals surface area contributed by atoms with Crippen LogP contribution in [-0.2, 0) is 9.47 Å². The lowest BCUT2D eigenvalue weighted by Crippen LogP contribution is -2.32. The molecule has 0 N–H and O–H groups in total. The Morgan fingerprint density at radius 2 is 1.81 bits per heavy atom. The van der Waals surface area contributed by atoms with Crippen molar-refractivity contribution in [3.8, 4) is 0 Å². The third kappa shape index (κ3) is 2.85. The van der Waals surface area contributed by atoms with E-state index in [1.54, 1.807) is 0 Å². The van der Waals surface area contributed by atoms with Crippen LogP contribution in [0.5, 0.6) is 0 Å². The van der Waals surface area contributed by atoms with Gasteiger partial charge in [-0.15, -0.1) is 5.73 Å². The van der Waals surface area contributed by atoms with Crippen molar-refractivity contribution in [1.82, 2.24) is 0 Å². The molecule has 2 aliphatic rings. The van der Waals surface area contributed by atoms with Crippen LogP contribution in [0.15, 0.2) is 29.0 Å². The topological polar surface area (TPSA) is 18.5 Å². The lowest BCUT2D eigenvalue weighted by molar-refractivity contribution is -0.171. The summed E-state index contributed by atoms with van der Waals surface area (Å²) in [7, 11) is 0. The van der Waals surface area contributed by atoms with Gasteiger partial charge in [0.05, 0.1) is 13.2 Å². The Morgan fingerprint density at radius 3 is 2.38 bits per heavy atom. The van der Waals surface area contributed by atoms with Crippen molar-refractivity contribution in [1.29, 1.82) is 0 Å². The third-order valence-electron chi connectivity index (χ3n) is 3.13. The van der Waals surface area contributed by atoms with Gasteiger partial charge in [-0.05, 0) is 38.3 Å². The van der Waals surface area contributed by atoms with Gasteiger partial charge in [0.15, 0.2) is 5.79 Å². The molecule has 0 amide bonds. The third-order valence-corrected chi connectivity index (χ3v) is 3.13. The van der Waals surface area contributed by atoms with Crippen LogP contribution in [0.3, 0.4) is 0 Å². The second-order valence-corrected chi connectivity index (χ2v) is 4.77. The Morgan fingerprint density at radius 1 is 1.19 bits per heavy atom. The maximum atomic E-state index is 5.69. The number of hydrogen-bond donors (Lipinski definition) is 0. The van der Waals surface area contributed by atoms with Crippen LogP contribution in [0.25, 0.3) is 0 Å². The van der Waals surface area contributed by atoms with E-state index >= 15 is 0 Å². The molecule has 1 spiro atoms. The fourth-order valence-electron chi connectivity index (χ4n) is 2.19. The summed E-state index contributed by atoms with van der Waals surface area (Å²) in [6.45, 7) is 5.71. The molecule has 2 heteroatoms. The highest BCUT2D eigenvalue weighted by atomic mass is 16.7. The SMILES string of the molecule is CC(C)=CC=C=C1CCC2(CC1)OCCO2. The molecule has 1 aliphatic carbocycles. The van der Waals surface area contributed by atoms with Gasteiger partial charge >= 0.3 is 0 Å². The molecule has 88 valence electrons. The van der Waals surface area contributed by atoms with Crippen LogP contribution in [0.2, 0.25) is 0 Å². The molecule has 1 saturated heterocycles. The van der Waals surface area contributed by atoms with Gasteiger partial charge in [0.25, 0.3) is 0 Å². The summed E-state index contributed by atoms with van der Waals surface area (Å²) in [5.74, 6) is -0.248. The zero-order chi connectivity index (χ0) is 11.4. The van der Waals surface area contributed by atoms with Gasteiger partial charge < -0.3 is 9.47 Å². The fraction of sp³-hybridized carbons (Fsp3) is 0.643. The van der Waals surface area contributed by atoms with E-state index in [0.29, 0.717) is 0 Å². The molecule has 0 unspecified atom stereocenters. The molecular formula is C14H20O2. The van der Waals surface area contributed by atoms with Crippen LogP contribution in [0.4, 0.5) is 0 Å². The maximum absolute atomic E-state index is 5.69. The van der Waals surface area contributed by atoms with E-state index in [1.165, 1.54) is 11.1 Å². The minimum Gasteiger partial charge on any atom is -0.348 e. The highest BCUT2D eigenvalue weighted by Crippen LogP contribution is 2.37. The zero-order valence-electron chi connectivity index (χ0n) is 10.2. The first-order valence-electron chi connectivity index (χ1n) is 6.06. The normalized spacial score (nSPS) is 23.0. The van der Waals surface area contributed by atoms with E-state index in [0.717, 1.165) is 38.9 Å². The molecule has 0 aromatic rings. The van der Waals surface area contributed by atoms with Gasteiger partial charge in [0, 0.05) is 12.8 Å². The van der Waals surface area contributed by atoms with Gasteiger partial charge in [-0.3, -0.25) is 0 Å². The van der Waals surface area contributed by atoms with Crippen molar-refractivity contribution >= 4 is 0 Å². The highest BCUT2D eigenvalue weighted by Gasteiger charge is 2.38. The summed E-state index contributed by atoms with van der Waals surface area (Å²) in [5.41, 5.74) is 6.06. The summed E-state index contributed by atoms with van der Waals surface area (Å²) < 4.78 is 11.4. The minimum absolute atomic E-state index is 0.248. The standard InChI is InChI=1S/C14H20O2/c1-12(2)4-3-5-13-6-8-14(9-7-13)15-10-11-16-14/h3-4H,6-11H2,1-2H3. The van der Waals surface area contributed by atoms with Crippen LogP contribution >= 0.6 is 0 Å². The monoisotopic (exact) mass is 220 g/mol. The summed E-state index contributed by atoms with van der Waals surface area (Å²) in [4.78, 5) is 0. The molecule has 0 atom stereocenters. The van der Waals surface area contributed by atoms with Gasteiger partial charge in [-0.1, -0.05) is 11.6 Å². The molecule has 0 bridgehead atoms. The van der Waals surface area contributed by atoms with Crippen LogP contribution in [0, 0.1) is 0 Å². The van der Waals surface area contributed by atoms with Crippen molar-refractivity contribution in [3.05, 3.63) is 29.0 Å². The van der Waals surface area contributed by atoms with Crippen LogP contribution in [-0.4, -0.2) is 19.0 Å². The Hall–Kier alpha value is -0.820. The molecule has 1 heterocycles. The Bertz CT molecular complexity index is 324. The number of rotatable bonds is 1. The molecule has 0 radical (unpaired) electrons. The van der Waals surface area contributed by atoms with Gasteiger partial charge in [0.2, 0.25) is 0 Å². The first-order valence-corrected chi connectivity index (χ1v) is 6.06. The largest absolute Gasteiger partial charge is 0.348 e. The molecule has 0 aromatic heterocycles. The maximum Gasteiger partial charge on any atom is 0.169 e. The summed E-state index contributed by atoms with van der Waals surface area (Å²) >= 11 is 0. The lowest BCUT2D eigenvalue weighted by atomic mass is 9.90. The number of ether oxygens (including phenoxy) is 2. The van der Waals surface area contributed by atoms with Crippen LogP contribution in [0.1, 0.15) is 39.5 Å². The fourth-order valence-corrected chi connectivity index (χ4v) is 2.19. The first-order chi connectivity index (χ1) is 7.70. The molecule has 16 heavy (non-hydrogen) atoms. The minimum atomic E-state index is -0.248. The van der Waals surface area contributed by atoms with Gasteiger partial charge in [-0.2, -0.15) is 0 Å². The van der Waals surface area contributed by atoms with Gasteiger partial charge in [-0.25, -0.2) is 0 Å². The first kappa shape index (κ1) is 11.7. The van der Waals surface area contributed by atoms with E-state index < -0.39 is 0 Å². The van der Waals surface area contributed by atoms with Crippen molar-refractivity contribution in [3.63, 3.8) is 0 Å². The Labute approximate surface area is 97.6 Å². The molecular weight excluding hydrogens is 200 g/mol. The molecule has 2 fully saturated rings. The van der Waals surface area contributed by atoms with Crippen molar-refractivity contribution in [2.45, 2.75) is 45.3 Å². The second-order valence-electron chi connectivity index (χ2n) is 4.77. The molecule has 1 aliphatic heterocycles. The van der Waals surface area contributed by atoms with Crippen LogP contribution < -0.4 is 0 Å². The zero-order valence-corrected chi connectivity index (χ0v) is 10.2. The predicted octanol–water partition coefficient (Wildman–Crippen LogP) is 3.35. The van der Waals surface area contributed by atoms with Crippen molar-refractivity contribution in [2.75, 3.05) is 13.2 Å². The van der Waals surface area contributed by atoms with E-state index in [4.69, 9.17) is 9.47 Å². The molecule has 2 nitrogen and oxygen atoms in total. The molecule has 1 saturated carbocycles. The smallest absolute Gasteiger partial charge is 0.169 e. The predicted molar refractivity (Wildman–Crippen MR) is 64.1 cm³/mol. The number of allylic oxidation sites excluding steroid dienone is 3. The van der Waals surface area contributed by atoms with E-state index in [1.807, 2.05) is 6.08 Å². The summed E-state index contributed by atoms with van der Waals surface area (Å²) in [6.07, 6.45) is 8.19. The highest BCUT2D eigenvalue weighted by molar-refractivity contribution is 5.14. The summed E-state index contributed by atoms with van der Waals surface area (Å²) in [6, 6.07) is 0. The van der Waals surface area contributed by atoms with Crippen molar-refractivity contribution in [2.24, 2.45) is 0 Å². The van der Waals surface area contributed by atoms with E-state index in [2.05, 4.69) is 25.7 Å². The average Bonchev–Trinajstić information content (AvgIpc) is 2.70. The lowest BCUT2D eigenvalue weighted by Gasteiger charge is -2.31.